The SMILES string of the molecule is CC[C@H](C)[C@H](NC(=O)OCC1c2ccccc2-c2ccccc21)C(=O)Nc1ccc(C(=O)O)cc1. The van der Waals surface area contributed by atoms with Crippen LogP contribution in [0, 0.1) is 5.92 Å². The van der Waals surface area contributed by atoms with E-state index < -0.39 is 24.0 Å². The highest BCUT2D eigenvalue weighted by molar-refractivity contribution is 5.97. The van der Waals surface area contributed by atoms with Crippen molar-refractivity contribution in [3.63, 3.8) is 0 Å². The summed E-state index contributed by atoms with van der Waals surface area (Å²) in [5, 5.41) is 14.5. The second kappa shape index (κ2) is 10.4. The lowest BCUT2D eigenvalue weighted by Gasteiger charge is -2.24. The molecule has 0 unspecified atom stereocenters. The van der Waals surface area contributed by atoms with E-state index >= 15 is 0 Å². The van der Waals surface area contributed by atoms with Gasteiger partial charge in [0.15, 0.2) is 0 Å². The first kappa shape index (κ1) is 24.0. The monoisotopic (exact) mass is 472 g/mol. The van der Waals surface area contributed by atoms with Gasteiger partial charge in [-0.1, -0.05) is 68.8 Å². The summed E-state index contributed by atoms with van der Waals surface area (Å²) in [6.45, 7) is 3.97. The Morgan fingerprint density at radius 1 is 0.914 bits per heavy atom. The molecule has 2 amide bonds. The predicted molar refractivity (Wildman–Crippen MR) is 133 cm³/mol. The molecule has 3 N–H and O–H groups in total. The minimum absolute atomic E-state index is 0.0724. The summed E-state index contributed by atoms with van der Waals surface area (Å²) in [6.07, 6.45) is 0.00760. The maximum absolute atomic E-state index is 13.0. The van der Waals surface area contributed by atoms with Gasteiger partial charge in [-0.3, -0.25) is 4.79 Å². The summed E-state index contributed by atoms with van der Waals surface area (Å²) in [7, 11) is 0. The first-order valence-corrected chi connectivity index (χ1v) is 11.6. The molecule has 180 valence electrons. The molecule has 3 aromatic rings. The number of aromatic carboxylic acids is 1. The molecule has 2 atom stereocenters. The standard InChI is InChI=1S/C28H28N2O5/c1-3-17(2)25(26(31)29-19-14-12-18(13-15-19)27(32)33)30-28(34)35-16-24-22-10-6-4-8-20(22)21-9-5-7-11-23(21)24/h4-15,17,24-25H,3,16H2,1-2H3,(H,29,31)(H,30,34)(H,32,33)/t17-,25-/m0/s1. The number of alkyl carbamates (subject to hydrolysis) is 1. The van der Waals surface area contributed by atoms with E-state index in [1.807, 2.05) is 50.2 Å². The van der Waals surface area contributed by atoms with E-state index in [0.29, 0.717) is 12.1 Å². The van der Waals surface area contributed by atoms with Crippen molar-refractivity contribution >= 4 is 23.7 Å². The van der Waals surface area contributed by atoms with Gasteiger partial charge in [0, 0.05) is 11.6 Å². The van der Waals surface area contributed by atoms with Crippen LogP contribution in [0.4, 0.5) is 10.5 Å². The van der Waals surface area contributed by atoms with Crippen molar-refractivity contribution in [2.24, 2.45) is 5.92 Å². The van der Waals surface area contributed by atoms with Gasteiger partial charge in [-0.25, -0.2) is 9.59 Å². The first-order valence-electron chi connectivity index (χ1n) is 11.6. The molecule has 0 aromatic heterocycles. The number of amides is 2. The zero-order valence-corrected chi connectivity index (χ0v) is 19.7. The molecule has 0 saturated heterocycles. The third kappa shape index (κ3) is 5.19. The number of hydrogen-bond donors (Lipinski definition) is 3. The highest BCUT2D eigenvalue weighted by Gasteiger charge is 2.31. The van der Waals surface area contributed by atoms with Crippen LogP contribution in [-0.4, -0.2) is 35.7 Å². The Balaban J connectivity index is 1.42. The Bertz CT molecular complexity index is 1190. The Morgan fingerprint density at radius 2 is 1.49 bits per heavy atom. The number of fused-ring (bicyclic) bond motifs is 3. The zero-order chi connectivity index (χ0) is 24.9. The quantitative estimate of drug-likeness (QED) is 0.414. The molecule has 7 nitrogen and oxygen atoms in total. The first-order chi connectivity index (χ1) is 16.9. The minimum atomic E-state index is -1.04. The van der Waals surface area contributed by atoms with Crippen LogP contribution in [0.15, 0.2) is 72.8 Å². The van der Waals surface area contributed by atoms with Crippen molar-refractivity contribution in [2.75, 3.05) is 11.9 Å². The van der Waals surface area contributed by atoms with Crippen molar-refractivity contribution in [2.45, 2.75) is 32.2 Å². The van der Waals surface area contributed by atoms with Crippen LogP contribution < -0.4 is 10.6 Å². The fraction of sp³-hybridized carbons (Fsp3) is 0.250. The summed E-state index contributed by atoms with van der Waals surface area (Å²) in [5.74, 6) is -1.65. The predicted octanol–water partition coefficient (Wildman–Crippen LogP) is 5.28. The summed E-state index contributed by atoms with van der Waals surface area (Å²) in [4.78, 5) is 36.7. The fourth-order valence-corrected chi connectivity index (χ4v) is 4.39. The maximum atomic E-state index is 13.0. The molecular weight excluding hydrogens is 444 g/mol. The van der Waals surface area contributed by atoms with Gasteiger partial charge >= 0.3 is 12.1 Å². The van der Waals surface area contributed by atoms with E-state index in [1.54, 1.807) is 0 Å². The van der Waals surface area contributed by atoms with Crippen molar-refractivity contribution in [1.82, 2.24) is 5.32 Å². The van der Waals surface area contributed by atoms with Gasteiger partial charge in [0.2, 0.25) is 5.91 Å². The van der Waals surface area contributed by atoms with E-state index in [4.69, 9.17) is 9.84 Å². The van der Waals surface area contributed by atoms with E-state index in [-0.39, 0.29) is 24.0 Å². The molecule has 4 rings (SSSR count). The van der Waals surface area contributed by atoms with Crippen LogP contribution >= 0.6 is 0 Å². The normalized spacial score (nSPS) is 13.8. The molecule has 0 heterocycles. The van der Waals surface area contributed by atoms with Gasteiger partial charge in [-0.15, -0.1) is 0 Å². The fourth-order valence-electron chi connectivity index (χ4n) is 4.39. The van der Waals surface area contributed by atoms with Crippen LogP contribution in [-0.2, 0) is 9.53 Å². The number of benzene rings is 3. The van der Waals surface area contributed by atoms with Gasteiger partial charge in [0.25, 0.3) is 0 Å². The topological polar surface area (TPSA) is 105 Å². The molecule has 3 aromatic carbocycles. The van der Waals surface area contributed by atoms with Crippen LogP contribution in [0.3, 0.4) is 0 Å². The van der Waals surface area contributed by atoms with E-state index in [2.05, 4.69) is 22.8 Å². The largest absolute Gasteiger partial charge is 0.478 e. The highest BCUT2D eigenvalue weighted by atomic mass is 16.5. The van der Waals surface area contributed by atoms with Crippen molar-refractivity contribution in [3.05, 3.63) is 89.5 Å². The number of ether oxygens (including phenoxy) is 1. The van der Waals surface area contributed by atoms with E-state index in [9.17, 15) is 14.4 Å². The number of anilines is 1. The van der Waals surface area contributed by atoms with Gasteiger partial charge < -0.3 is 20.5 Å². The second-order valence-electron chi connectivity index (χ2n) is 8.70. The number of rotatable bonds is 8. The third-order valence-electron chi connectivity index (χ3n) is 6.51. The number of nitrogens with one attached hydrogen (secondary N) is 2. The Labute approximate surface area is 204 Å². The van der Waals surface area contributed by atoms with E-state index in [0.717, 1.165) is 22.3 Å². The van der Waals surface area contributed by atoms with Crippen LogP contribution in [0.25, 0.3) is 11.1 Å². The van der Waals surface area contributed by atoms with Gasteiger partial charge in [-0.05, 0) is 52.4 Å². The van der Waals surface area contributed by atoms with Gasteiger partial charge in [0.05, 0.1) is 5.56 Å². The lowest BCUT2D eigenvalue weighted by Crippen LogP contribution is -2.48. The van der Waals surface area contributed by atoms with Gasteiger partial charge in [-0.2, -0.15) is 0 Å². The molecule has 1 aliphatic carbocycles. The average molecular weight is 473 g/mol. The number of carbonyl (C=O) groups excluding carboxylic acids is 2. The number of carbonyl (C=O) groups is 3. The number of carboxylic acid groups (broad SMARTS) is 1. The lowest BCUT2D eigenvalue weighted by atomic mass is 9.98. The highest BCUT2D eigenvalue weighted by Crippen LogP contribution is 2.44. The van der Waals surface area contributed by atoms with Crippen molar-refractivity contribution < 1.29 is 24.2 Å². The zero-order valence-electron chi connectivity index (χ0n) is 19.7. The smallest absolute Gasteiger partial charge is 0.407 e. The van der Waals surface area contributed by atoms with Gasteiger partial charge in [0.1, 0.15) is 12.6 Å². The Hall–Kier alpha value is -4.13. The number of carboxylic acids is 1. The summed E-state index contributed by atoms with van der Waals surface area (Å²) < 4.78 is 5.61. The Morgan fingerprint density at radius 3 is 2.03 bits per heavy atom. The summed E-state index contributed by atoms with van der Waals surface area (Å²) in [5.41, 5.74) is 5.08. The molecule has 0 fully saturated rings. The average Bonchev–Trinajstić information content (AvgIpc) is 3.19. The minimum Gasteiger partial charge on any atom is -0.478 e. The van der Waals surface area contributed by atoms with Crippen molar-refractivity contribution in [1.29, 1.82) is 0 Å². The van der Waals surface area contributed by atoms with Crippen molar-refractivity contribution in [3.8, 4) is 11.1 Å². The number of hydrogen-bond acceptors (Lipinski definition) is 4. The summed E-state index contributed by atoms with van der Waals surface area (Å²) >= 11 is 0. The molecule has 0 radical (unpaired) electrons. The maximum Gasteiger partial charge on any atom is 0.407 e. The third-order valence-corrected chi connectivity index (χ3v) is 6.51. The molecule has 0 spiro atoms. The Kier molecular flexibility index (Phi) is 7.15. The lowest BCUT2D eigenvalue weighted by molar-refractivity contribution is -0.119. The molecule has 0 saturated carbocycles. The van der Waals surface area contributed by atoms with Crippen LogP contribution in [0.5, 0.6) is 0 Å². The van der Waals surface area contributed by atoms with Crippen LogP contribution in [0.2, 0.25) is 0 Å². The molecule has 7 heteroatoms. The molecule has 1 aliphatic rings. The molecule has 35 heavy (non-hydrogen) atoms. The molecule has 0 bridgehead atoms. The second-order valence-corrected chi connectivity index (χ2v) is 8.70. The molecule has 0 aliphatic heterocycles. The van der Waals surface area contributed by atoms with E-state index in [1.165, 1.54) is 24.3 Å². The molecular formula is C28H28N2O5. The summed E-state index contributed by atoms with van der Waals surface area (Å²) in [6, 6.07) is 21.2. The van der Waals surface area contributed by atoms with Crippen LogP contribution in [0.1, 0.15) is 47.7 Å².